The summed E-state index contributed by atoms with van der Waals surface area (Å²) in [6, 6.07) is 6.40. The highest BCUT2D eigenvalue weighted by Crippen LogP contribution is 2.26. The summed E-state index contributed by atoms with van der Waals surface area (Å²) in [6.07, 6.45) is 6.27. The maximum atomic E-state index is 10.8. The first-order chi connectivity index (χ1) is 13.6. The monoisotopic (exact) mass is 379 g/mol. The van der Waals surface area contributed by atoms with Gasteiger partial charge in [0.25, 0.3) is 0 Å². The molecule has 1 saturated carbocycles. The normalized spacial score (nSPS) is 22.6. The second-order valence-electron chi connectivity index (χ2n) is 7.44. The summed E-state index contributed by atoms with van der Waals surface area (Å²) in [5.41, 5.74) is 4.60. The smallest absolute Gasteiger partial charge is 0.123 e. The molecule has 2 fully saturated rings. The van der Waals surface area contributed by atoms with E-state index in [-0.39, 0.29) is 12.0 Å². The second kappa shape index (κ2) is 8.06. The first-order valence-corrected chi connectivity index (χ1v) is 9.71. The molecule has 0 bridgehead atoms. The molecule has 1 aliphatic carbocycles. The summed E-state index contributed by atoms with van der Waals surface area (Å²) in [5.74, 6) is 0.162. The Morgan fingerprint density at radius 3 is 2.79 bits per heavy atom. The first kappa shape index (κ1) is 18.6. The lowest BCUT2D eigenvalue weighted by atomic mass is 9.81. The van der Waals surface area contributed by atoms with Crippen molar-refractivity contribution in [2.75, 3.05) is 31.2 Å². The largest absolute Gasteiger partial charge is 0.388 e. The van der Waals surface area contributed by atoms with Crippen LogP contribution in [-0.2, 0) is 9.53 Å². The molecular formula is C21H25N5O2. The number of rotatable bonds is 6. The lowest BCUT2D eigenvalue weighted by Gasteiger charge is -2.32. The number of carbonyl (C=O) groups excluding carboxylic acids is 1. The zero-order valence-electron chi connectivity index (χ0n) is 16.0. The Balaban J connectivity index is 1.58. The van der Waals surface area contributed by atoms with Crippen LogP contribution < -0.4 is 10.2 Å². The molecule has 2 N–H and O–H groups in total. The van der Waals surface area contributed by atoms with E-state index in [9.17, 15) is 4.79 Å². The van der Waals surface area contributed by atoms with Gasteiger partial charge in [0.1, 0.15) is 6.29 Å². The number of hydrogen-bond acceptors (Lipinski definition) is 7. The molecule has 4 rings (SSSR count). The van der Waals surface area contributed by atoms with Crippen LogP contribution in [0.1, 0.15) is 25.5 Å². The van der Waals surface area contributed by atoms with E-state index < -0.39 is 0 Å². The average Bonchev–Trinajstić information content (AvgIpc) is 2.69. The Morgan fingerprint density at radius 2 is 2.07 bits per heavy atom. The Bertz CT molecular complexity index is 914. The van der Waals surface area contributed by atoms with Crippen molar-refractivity contribution >= 4 is 34.3 Å². The topological polar surface area (TPSA) is 91.2 Å². The summed E-state index contributed by atoms with van der Waals surface area (Å²) in [6.45, 7) is 4.97. The summed E-state index contributed by atoms with van der Waals surface area (Å²) in [4.78, 5) is 22.4. The van der Waals surface area contributed by atoms with Gasteiger partial charge in [-0.25, -0.2) is 4.98 Å². The molecule has 0 radical (unpaired) electrons. The van der Waals surface area contributed by atoms with Crippen LogP contribution in [-0.4, -0.2) is 54.3 Å². The minimum atomic E-state index is 0.162. The van der Waals surface area contributed by atoms with Crippen molar-refractivity contribution in [1.82, 2.24) is 15.3 Å². The Morgan fingerprint density at radius 1 is 1.29 bits per heavy atom. The number of aromatic nitrogens is 2. The van der Waals surface area contributed by atoms with E-state index in [4.69, 9.17) is 15.1 Å². The Labute approximate surface area is 164 Å². The van der Waals surface area contributed by atoms with E-state index in [0.29, 0.717) is 11.4 Å². The number of anilines is 1. The molecule has 7 heteroatoms. The van der Waals surface area contributed by atoms with Crippen molar-refractivity contribution in [2.24, 2.45) is 5.92 Å². The van der Waals surface area contributed by atoms with Crippen LogP contribution in [0.3, 0.4) is 0 Å². The zero-order valence-corrected chi connectivity index (χ0v) is 16.0. The van der Waals surface area contributed by atoms with Crippen LogP contribution in [0.2, 0.25) is 0 Å². The number of benzene rings is 1. The Hall–Kier alpha value is -2.80. The van der Waals surface area contributed by atoms with E-state index in [1.807, 2.05) is 12.3 Å². The van der Waals surface area contributed by atoms with Gasteiger partial charge in [-0.2, -0.15) is 0 Å². The Kier molecular flexibility index (Phi) is 5.34. The number of hydrogen-bond donors (Lipinski definition) is 2. The highest BCUT2D eigenvalue weighted by atomic mass is 16.5. The van der Waals surface area contributed by atoms with Gasteiger partial charge in [-0.15, -0.1) is 0 Å². The molecule has 146 valence electrons. The predicted molar refractivity (Wildman–Crippen MR) is 110 cm³/mol. The zero-order chi connectivity index (χ0) is 19.5. The number of nitrogens with zero attached hydrogens (tertiary/aromatic N) is 3. The molecule has 2 heterocycles. The van der Waals surface area contributed by atoms with Gasteiger partial charge in [-0.05, 0) is 38.0 Å². The van der Waals surface area contributed by atoms with Crippen LogP contribution in [0, 0.1) is 11.3 Å². The van der Waals surface area contributed by atoms with Crippen LogP contribution in [0.4, 0.5) is 5.69 Å². The van der Waals surface area contributed by atoms with Gasteiger partial charge in [-0.1, -0.05) is 0 Å². The predicted octanol–water partition coefficient (Wildman–Crippen LogP) is 2.41. The number of carbonyl (C=O) groups is 1. The lowest BCUT2D eigenvalue weighted by Crippen LogP contribution is -2.39. The molecule has 1 saturated heterocycles. The third-order valence-electron chi connectivity index (χ3n) is 5.41. The summed E-state index contributed by atoms with van der Waals surface area (Å²) < 4.78 is 5.43. The summed E-state index contributed by atoms with van der Waals surface area (Å²) >= 11 is 0. The number of nitrogens with one attached hydrogen (secondary N) is 2. The molecule has 0 spiro atoms. The van der Waals surface area contributed by atoms with Gasteiger partial charge >= 0.3 is 0 Å². The van der Waals surface area contributed by atoms with Crippen molar-refractivity contribution < 1.29 is 9.53 Å². The molecular weight excluding hydrogens is 354 g/mol. The molecule has 1 aliphatic heterocycles. The van der Waals surface area contributed by atoms with Gasteiger partial charge in [0, 0.05) is 48.2 Å². The van der Waals surface area contributed by atoms with Crippen molar-refractivity contribution in [3.05, 3.63) is 36.3 Å². The molecule has 2 aromatic rings. The molecule has 1 aromatic carbocycles. The van der Waals surface area contributed by atoms with E-state index in [1.54, 1.807) is 13.1 Å². The number of fused-ring (bicyclic) bond motifs is 1. The molecule has 7 nitrogen and oxygen atoms in total. The standard InChI is InChI=1S/C21H25N5O2/c1-14(22)18(11-23-16-8-15(9-16)13-27)21-12-24-19-3-2-17(10-20(19)25-21)26-4-6-28-7-5-26/h2-3,10-13,15-16,22-23H,4-9H2,1H3/b18-11+,22-14?. The van der Waals surface area contributed by atoms with Crippen LogP contribution >= 0.6 is 0 Å². The molecule has 0 atom stereocenters. The van der Waals surface area contributed by atoms with Gasteiger partial charge < -0.3 is 25.2 Å². The van der Waals surface area contributed by atoms with E-state index in [2.05, 4.69) is 27.3 Å². The number of ether oxygens (including phenoxy) is 1. The minimum Gasteiger partial charge on any atom is -0.388 e. The van der Waals surface area contributed by atoms with E-state index >= 15 is 0 Å². The molecule has 0 amide bonds. The molecule has 0 unspecified atom stereocenters. The van der Waals surface area contributed by atoms with Crippen molar-refractivity contribution in [3.63, 3.8) is 0 Å². The molecule has 1 aromatic heterocycles. The highest BCUT2D eigenvalue weighted by Gasteiger charge is 2.27. The van der Waals surface area contributed by atoms with Crippen molar-refractivity contribution in [2.45, 2.75) is 25.8 Å². The first-order valence-electron chi connectivity index (χ1n) is 9.71. The molecule has 2 aliphatic rings. The van der Waals surface area contributed by atoms with Crippen molar-refractivity contribution in [1.29, 1.82) is 5.41 Å². The molecule has 28 heavy (non-hydrogen) atoms. The summed E-state index contributed by atoms with van der Waals surface area (Å²) in [5, 5.41) is 11.5. The maximum Gasteiger partial charge on any atom is 0.123 e. The van der Waals surface area contributed by atoms with E-state index in [1.165, 1.54) is 0 Å². The third-order valence-corrected chi connectivity index (χ3v) is 5.41. The number of aldehydes is 1. The van der Waals surface area contributed by atoms with E-state index in [0.717, 1.165) is 67.7 Å². The third kappa shape index (κ3) is 3.89. The fraction of sp³-hybridized carbons (Fsp3) is 0.429. The fourth-order valence-electron chi connectivity index (χ4n) is 3.63. The van der Waals surface area contributed by atoms with Gasteiger partial charge in [0.15, 0.2) is 0 Å². The fourth-order valence-corrected chi connectivity index (χ4v) is 3.63. The quantitative estimate of drug-likeness (QED) is 0.592. The van der Waals surface area contributed by atoms with Crippen LogP contribution in [0.5, 0.6) is 0 Å². The SMILES string of the molecule is CC(=N)/C(=C\NC1CC(C=O)C1)c1cnc2ccc(N3CCOCC3)cc2n1. The van der Waals surface area contributed by atoms with Crippen LogP contribution in [0.15, 0.2) is 30.6 Å². The minimum absolute atomic E-state index is 0.162. The van der Waals surface area contributed by atoms with Gasteiger partial charge in [-0.3, -0.25) is 4.98 Å². The number of allylic oxidation sites excluding steroid dienone is 1. The second-order valence-corrected chi connectivity index (χ2v) is 7.44. The van der Waals surface area contributed by atoms with Crippen LogP contribution in [0.25, 0.3) is 16.6 Å². The maximum absolute atomic E-state index is 10.8. The average molecular weight is 379 g/mol. The number of morpholine rings is 1. The summed E-state index contributed by atoms with van der Waals surface area (Å²) in [7, 11) is 0. The van der Waals surface area contributed by atoms with Gasteiger partial charge in [0.2, 0.25) is 0 Å². The van der Waals surface area contributed by atoms with Gasteiger partial charge in [0.05, 0.1) is 36.1 Å². The van der Waals surface area contributed by atoms with Crippen molar-refractivity contribution in [3.8, 4) is 0 Å². The lowest BCUT2D eigenvalue weighted by molar-refractivity contribution is -0.113. The highest BCUT2D eigenvalue weighted by molar-refractivity contribution is 6.20.